The van der Waals surface area contributed by atoms with Crippen LogP contribution in [0, 0.1) is 0 Å². The fourth-order valence-electron chi connectivity index (χ4n) is 2.15. The molecule has 1 aliphatic rings. The molecule has 0 spiro atoms. The summed E-state index contributed by atoms with van der Waals surface area (Å²) in [6, 6.07) is 2.54. The number of hydrogen-bond acceptors (Lipinski definition) is 4. The molecule has 1 aromatic rings. The number of halogens is 2. The molecule has 8 heteroatoms. The van der Waals surface area contributed by atoms with Crippen LogP contribution in [0.2, 0.25) is 10.0 Å². The average Bonchev–Trinajstić information content (AvgIpc) is 2.72. The van der Waals surface area contributed by atoms with E-state index in [1.807, 2.05) is 0 Å². The lowest BCUT2D eigenvalue weighted by Gasteiger charge is -2.13. The molecule has 1 fully saturated rings. The number of amides is 1. The molecule has 0 aromatic heterocycles. The number of rotatable bonds is 4. The highest BCUT2D eigenvalue weighted by atomic mass is 35.5. The summed E-state index contributed by atoms with van der Waals surface area (Å²) < 4.78 is 28.0. The summed E-state index contributed by atoms with van der Waals surface area (Å²) in [5, 5.41) is 3.17. The van der Waals surface area contributed by atoms with Crippen LogP contribution in [-0.2, 0) is 9.84 Å². The second-order valence-electron chi connectivity index (χ2n) is 4.78. The molecule has 1 saturated heterocycles. The van der Waals surface area contributed by atoms with Gasteiger partial charge in [0.1, 0.15) is 0 Å². The van der Waals surface area contributed by atoms with E-state index < -0.39 is 15.7 Å². The second kappa shape index (κ2) is 6.42. The molecule has 1 aliphatic heterocycles. The SMILES string of the molecule is CCOc1c(Cl)cc(C(=O)N[C@@H]2CCS(=O)(=O)C2)cc1Cl. The second-order valence-corrected chi connectivity index (χ2v) is 7.82. The van der Waals surface area contributed by atoms with Crippen LogP contribution < -0.4 is 10.1 Å². The van der Waals surface area contributed by atoms with Crippen molar-refractivity contribution in [2.24, 2.45) is 0 Å². The van der Waals surface area contributed by atoms with Crippen LogP contribution in [0.5, 0.6) is 5.75 Å². The van der Waals surface area contributed by atoms with E-state index in [2.05, 4.69) is 5.32 Å². The van der Waals surface area contributed by atoms with E-state index in [0.717, 1.165) is 0 Å². The van der Waals surface area contributed by atoms with Gasteiger partial charge in [0.05, 0.1) is 28.2 Å². The van der Waals surface area contributed by atoms with Crippen molar-refractivity contribution in [3.05, 3.63) is 27.7 Å². The molecular weight excluding hydrogens is 337 g/mol. The third kappa shape index (κ3) is 4.02. The van der Waals surface area contributed by atoms with Crippen molar-refractivity contribution in [2.45, 2.75) is 19.4 Å². The predicted molar refractivity (Wildman–Crippen MR) is 82.2 cm³/mol. The zero-order valence-corrected chi connectivity index (χ0v) is 13.7. The summed E-state index contributed by atoms with van der Waals surface area (Å²) in [5.74, 6) is 0.00439. The van der Waals surface area contributed by atoms with E-state index in [1.165, 1.54) is 12.1 Å². The first-order valence-corrected chi connectivity index (χ1v) is 9.03. The van der Waals surface area contributed by atoms with Gasteiger partial charge in [0.25, 0.3) is 5.91 Å². The lowest BCUT2D eigenvalue weighted by molar-refractivity contribution is 0.0941. The summed E-state index contributed by atoms with van der Waals surface area (Å²) in [4.78, 5) is 12.1. The molecule has 116 valence electrons. The first-order valence-electron chi connectivity index (χ1n) is 6.45. The maximum atomic E-state index is 12.1. The molecule has 1 N–H and O–H groups in total. The minimum Gasteiger partial charge on any atom is -0.491 e. The number of benzene rings is 1. The lowest BCUT2D eigenvalue weighted by Crippen LogP contribution is -2.35. The number of carbonyl (C=O) groups excluding carboxylic acids is 1. The number of carbonyl (C=O) groups is 1. The largest absolute Gasteiger partial charge is 0.491 e. The third-order valence-electron chi connectivity index (χ3n) is 3.12. The number of sulfone groups is 1. The first-order chi connectivity index (χ1) is 9.82. The van der Waals surface area contributed by atoms with Gasteiger partial charge < -0.3 is 10.1 Å². The number of ether oxygens (including phenoxy) is 1. The van der Waals surface area contributed by atoms with Crippen molar-refractivity contribution in [3.63, 3.8) is 0 Å². The van der Waals surface area contributed by atoms with E-state index in [0.29, 0.717) is 18.8 Å². The smallest absolute Gasteiger partial charge is 0.251 e. The van der Waals surface area contributed by atoms with Crippen LogP contribution in [0.25, 0.3) is 0 Å². The topological polar surface area (TPSA) is 72.5 Å². The Bertz CT molecular complexity index is 637. The van der Waals surface area contributed by atoms with Gasteiger partial charge in [-0.15, -0.1) is 0 Å². The molecule has 2 rings (SSSR count). The van der Waals surface area contributed by atoms with Gasteiger partial charge in [-0.2, -0.15) is 0 Å². The van der Waals surface area contributed by atoms with Crippen molar-refractivity contribution >= 4 is 38.9 Å². The monoisotopic (exact) mass is 351 g/mol. The zero-order valence-electron chi connectivity index (χ0n) is 11.4. The molecule has 1 aromatic carbocycles. The Morgan fingerprint density at radius 1 is 1.38 bits per heavy atom. The minimum atomic E-state index is -3.04. The highest BCUT2D eigenvalue weighted by molar-refractivity contribution is 7.91. The van der Waals surface area contributed by atoms with E-state index in [1.54, 1.807) is 6.92 Å². The fourth-order valence-corrected chi connectivity index (χ4v) is 4.42. The fraction of sp³-hybridized carbons (Fsp3) is 0.462. The van der Waals surface area contributed by atoms with Gasteiger partial charge in [-0.05, 0) is 25.5 Å². The molecule has 0 bridgehead atoms. The molecule has 0 saturated carbocycles. The Morgan fingerprint density at radius 2 is 2.00 bits per heavy atom. The van der Waals surface area contributed by atoms with Crippen LogP contribution in [0.1, 0.15) is 23.7 Å². The van der Waals surface area contributed by atoms with E-state index in [-0.39, 0.29) is 33.2 Å². The first kappa shape index (κ1) is 16.4. The summed E-state index contributed by atoms with van der Waals surface area (Å²) in [5.41, 5.74) is 0.276. The quantitative estimate of drug-likeness (QED) is 0.903. The van der Waals surface area contributed by atoms with Crippen LogP contribution in [0.15, 0.2) is 12.1 Å². The van der Waals surface area contributed by atoms with Gasteiger partial charge >= 0.3 is 0 Å². The number of nitrogens with one attached hydrogen (secondary N) is 1. The predicted octanol–water partition coefficient (Wildman–Crippen LogP) is 2.31. The minimum absolute atomic E-state index is 0.0305. The maximum absolute atomic E-state index is 12.1. The van der Waals surface area contributed by atoms with Crippen molar-refractivity contribution in [2.75, 3.05) is 18.1 Å². The Kier molecular flexibility index (Phi) is 5.01. The lowest BCUT2D eigenvalue weighted by atomic mass is 10.1. The molecule has 0 aliphatic carbocycles. The van der Waals surface area contributed by atoms with Gasteiger partial charge in [-0.3, -0.25) is 4.79 Å². The van der Waals surface area contributed by atoms with Crippen LogP contribution in [0.4, 0.5) is 0 Å². The highest BCUT2D eigenvalue weighted by Gasteiger charge is 2.29. The highest BCUT2D eigenvalue weighted by Crippen LogP contribution is 2.34. The Labute approximate surface area is 133 Å². The molecular formula is C13H15Cl2NO4S. The van der Waals surface area contributed by atoms with E-state index in [4.69, 9.17) is 27.9 Å². The van der Waals surface area contributed by atoms with Crippen LogP contribution in [-0.4, -0.2) is 38.5 Å². The van der Waals surface area contributed by atoms with Gasteiger partial charge in [0, 0.05) is 11.6 Å². The van der Waals surface area contributed by atoms with Crippen molar-refractivity contribution < 1.29 is 17.9 Å². The molecule has 1 heterocycles. The summed E-state index contributed by atoms with van der Waals surface area (Å²) in [7, 11) is -3.04. The van der Waals surface area contributed by atoms with Crippen molar-refractivity contribution in [1.82, 2.24) is 5.32 Å². The van der Waals surface area contributed by atoms with E-state index >= 15 is 0 Å². The molecule has 0 unspecified atom stereocenters. The zero-order chi connectivity index (χ0) is 15.6. The van der Waals surface area contributed by atoms with Crippen LogP contribution >= 0.6 is 23.2 Å². The molecule has 1 atom stereocenters. The average molecular weight is 352 g/mol. The molecule has 1 amide bonds. The summed E-state index contributed by atoms with van der Waals surface area (Å²) in [6.07, 6.45) is 0.423. The van der Waals surface area contributed by atoms with Crippen LogP contribution in [0.3, 0.4) is 0 Å². The summed E-state index contributed by atoms with van der Waals surface area (Å²) in [6.45, 7) is 2.21. The maximum Gasteiger partial charge on any atom is 0.251 e. The standard InChI is InChI=1S/C13H15Cl2NO4S/c1-2-20-12-10(14)5-8(6-11(12)15)13(17)16-9-3-4-21(18,19)7-9/h5-6,9H,2-4,7H2,1H3,(H,16,17)/t9-/m1/s1. The number of hydrogen-bond donors (Lipinski definition) is 1. The summed E-state index contributed by atoms with van der Waals surface area (Å²) >= 11 is 12.1. The third-order valence-corrected chi connectivity index (χ3v) is 5.45. The molecule has 0 radical (unpaired) electrons. The van der Waals surface area contributed by atoms with Crippen molar-refractivity contribution in [3.8, 4) is 5.75 Å². The van der Waals surface area contributed by atoms with Gasteiger partial charge in [-0.25, -0.2) is 8.42 Å². The van der Waals surface area contributed by atoms with E-state index in [9.17, 15) is 13.2 Å². The van der Waals surface area contributed by atoms with Gasteiger partial charge in [0.15, 0.2) is 15.6 Å². The Balaban J connectivity index is 2.13. The normalized spacial score (nSPS) is 20.2. The van der Waals surface area contributed by atoms with Crippen molar-refractivity contribution in [1.29, 1.82) is 0 Å². The molecule has 5 nitrogen and oxygen atoms in total. The van der Waals surface area contributed by atoms with Gasteiger partial charge in [-0.1, -0.05) is 23.2 Å². The Hall–Kier alpha value is -0.980. The Morgan fingerprint density at radius 3 is 2.48 bits per heavy atom. The van der Waals surface area contributed by atoms with Gasteiger partial charge in [0.2, 0.25) is 0 Å². The molecule has 21 heavy (non-hydrogen) atoms.